The van der Waals surface area contributed by atoms with Crippen molar-refractivity contribution in [3.05, 3.63) is 46.7 Å². The summed E-state index contributed by atoms with van der Waals surface area (Å²) in [6, 6.07) is 6.12. The van der Waals surface area contributed by atoms with Gasteiger partial charge in [-0.15, -0.1) is 0 Å². The Labute approximate surface area is 135 Å². The molecule has 2 N–H and O–H groups in total. The number of allylic oxidation sites excluding steroid dienone is 1. The molecule has 1 aromatic heterocycles. The highest BCUT2D eigenvalue weighted by molar-refractivity contribution is 5.95. The van der Waals surface area contributed by atoms with Gasteiger partial charge in [-0.05, 0) is 24.1 Å². The minimum Gasteiger partial charge on any atom is -0.465 e. The van der Waals surface area contributed by atoms with Crippen molar-refractivity contribution in [1.82, 2.24) is 9.97 Å². The first-order chi connectivity index (χ1) is 10.8. The van der Waals surface area contributed by atoms with Gasteiger partial charge >= 0.3 is 5.97 Å². The molecule has 23 heavy (non-hydrogen) atoms. The monoisotopic (exact) mass is 309 g/mol. The van der Waals surface area contributed by atoms with Crippen LogP contribution in [0.4, 0.5) is 5.82 Å². The fourth-order valence-corrected chi connectivity index (χ4v) is 2.89. The largest absolute Gasteiger partial charge is 0.465 e. The Morgan fingerprint density at radius 3 is 2.65 bits per heavy atom. The van der Waals surface area contributed by atoms with Crippen molar-refractivity contribution < 1.29 is 9.53 Å². The lowest BCUT2D eigenvalue weighted by Crippen LogP contribution is -2.12. The summed E-state index contributed by atoms with van der Waals surface area (Å²) in [5.41, 5.74) is 10.0. The van der Waals surface area contributed by atoms with Gasteiger partial charge in [0.1, 0.15) is 11.4 Å². The molecule has 0 radical (unpaired) electrons. The molecule has 1 heterocycles. The molecule has 1 aliphatic rings. The number of benzene rings is 1. The summed E-state index contributed by atoms with van der Waals surface area (Å²) >= 11 is 0. The summed E-state index contributed by atoms with van der Waals surface area (Å²) in [5, 5.41) is 0. The quantitative estimate of drug-likeness (QED) is 0.862. The number of nitrogens with two attached hydrogens (primary N) is 1. The number of rotatable bonds is 2. The molecule has 0 atom stereocenters. The Morgan fingerprint density at radius 2 is 2.00 bits per heavy atom. The van der Waals surface area contributed by atoms with Crippen LogP contribution in [-0.2, 0) is 10.2 Å². The third-order valence-corrected chi connectivity index (χ3v) is 4.19. The normalized spacial score (nSPS) is 14.6. The van der Waals surface area contributed by atoms with E-state index < -0.39 is 5.97 Å². The molecule has 0 spiro atoms. The Kier molecular flexibility index (Phi) is 3.43. The molecule has 0 saturated heterocycles. The number of hydrogen-bond donors (Lipinski definition) is 1. The predicted molar refractivity (Wildman–Crippen MR) is 90.0 cm³/mol. The van der Waals surface area contributed by atoms with Gasteiger partial charge in [-0.3, -0.25) is 0 Å². The molecule has 3 rings (SSSR count). The van der Waals surface area contributed by atoms with Crippen molar-refractivity contribution in [2.75, 3.05) is 12.8 Å². The zero-order valence-corrected chi connectivity index (χ0v) is 13.7. The lowest BCUT2D eigenvalue weighted by Gasteiger charge is -2.18. The van der Waals surface area contributed by atoms with E-state index in [2.05, 4.69) is 42.0 Å². The number of nitrogens with zero attached hydrogens (tertiary/aromatic N) is 2. The first-order valence-electron chi connectivity index (χ1n) is 7.40. The standard InChI is InChI=1S/C18H19N3O2/c1-10-14(17(22)23-4)15(19)21-16(20-10)12-5-6-13-11(9-12)7-8-18(13,2)3/h5-9H,1-4H3,(H2,19,20,21). The third-order valence-electron chi connectivity index (χ3n) is 4.19. The van der Waals surface area contributed by atoms with Crippen LogP contribution in [0.25, 0.3) is 17.5 Å². The van der Waals surface area contributed by atoms with E-state index in [1.54, 1.807) is 6.92 Å². The number of aryl methyl sites for hydroxylation is 1. The van der Waals surface area contributed by atoms with E-state index in [0.29, 0.717) is 11.5 Å². The summed E-state index contributed by atoms with van der Waals surface area (Å²) in [5.74, 6) is 0.120. The van der Waals surface area contributed by atoms with E-state index in [1.807, 2.05) is 12.1 Å². The van der Waals surface area contributed by atoms with Crippen molar-refractivity contribution in [1.29, 1.82) is 0 Å². The number of carbonyl (C=O) groups excluding carboxylic acids is 1. The van der Waals surface area contributed by atoms with E-state index >= 15 is 0 Å². The molecule has 0 bridgehead atoms. The molecule has 2 aromatic rings. The zero-order valence-electron chi connectivity index (χ0n) is 13.7. The summed E-state index contributed by atoms with van der Waals surface area (Å²) in [6.45, 7) is 6.09. The number of carbonyl (C=O) groups is 1. The van der Waals surface area contributed by atoms with Crippen molar-refractivity contribution >= 4 is 17.9 Å². The topological polar surface area (TPSA) is 78.1 Å². The first-order valence-corrected chi connectivity index (χ1v) is 7.40. The number of hydrogen-bond acceptors (Lipinski definition) is 5. The average Bonchev–Trinajstić information content (AvgIpc) is 2.81. The number of ether oxygens (including phenoxy) is 1. The van der Waals surface area contributed by atoms with Crippen molar-refractivity contribution in [3.63, 3.8) is 0 Å². The Balaban J connectivity index is 2.07. The van der Waals surface area contributed by atoms with Gasteiger partial charge in [0.2, 0.25) is 0 Å². The highest BCUT2D eigenvalue weighted by Gasteiger charge is 2.25. The molecule has 0 saturated carbocycles. The van der Waals surface area contributed by atoms with Crippen LogP contribution >= 0.6 is 0 Å². The highest BCUT2D eigenvalue weighted by Crippen LogP contribution is 2.37. The fourth-order valence-electron chi connectivity index (χ4n) is 2.89. The van der Waals surface area contributed by atoms with Gasteiger partial charge in [0.05, 0.1) is 12.8 Å². The zero-order chi connectivity index (χ0) is 16.8. The summed E-state index contributed by atoms with van der Waals surface area (Å²) < 4.78 is 4.72. The van der Waals surface area contributed by atoms with Gasteiger partial charge in [0.15, 0.2) is 5.82 Å². The van der Waals surface area contributed by atoms with Crippen LogP contribution in [0.15, 0.2) is 24.3 Å². The van der Waals surface area contributed by atoms with Gasteiger partial charge < -0.3 is 10.5 Å². The molecule has 118 valence electrons. The van der Waals surface area contributed by atoms with Crippen molar-refractivity contribution in [3.8, 4) is 11.4 Å². The first kappa shape index (κ1) is 15.2. The molecule has 0 fully saturated rings. The number of aromatic nitrogens is 2. The smallest absolute Gasteiger partial charge is 0.343 e. The second-order valence-corrected chi connectivity index (χ2v) is 6.24. The number of fused-ring (bicyclic) bond motifs is 1. The predicted octanol–water partition coefficient (Wildman–Crippen LogP) is 3.13. The minimum absolute atomic E-state index is 0.0401. The average molecular weight is 309 g/mol. The second-order valence-electron chi connectivity index (χ2n) is 6.24. The highest BCUT2D eigenvalue weighted by atomic mass is 16.5. The van der Waals surface area contributed by atoms with Crippen LogP contribution in [0, 0.1) is 6.92 Å². The number of esters is 1. The van der Waals surface area contributed by atoms with Crippen LogP contribution < -0.4 is 5.73 Å². The summed E-state index contributed by atoms with van der Waals surface area (Å²) in [7, 11) is 1.31. The molecular formula is C18H19N3O2. The summed E-state index contributed by atoms with van der Waals surface area (Å²) in [6.07, 6.45) is 4.29. The van der Waals surface area contributed by atoms with Crippen LogP contribution in [-0.4, -0.2) is 23.0 Å². The van der Waals surface area contributed by atoms with Gasteiger partial charge in [-0.25, -0.2) is 14.8 Å². The minimum atomic E-state index is -0.523. The van der Waals surface area contributed by atoms with Crippen LogP contribution in [0.1, 0.15) is 41.0 Å². The number of nitrogen functional groups attached to an aromatic ring is 1. The Bertz CT molecular complexity index is 815. The molecule has 1 aromatic carbocycles. The van der Waals surface area contributed by atoms with E-state index in [9.17, 15) is 4.79 Å². The number of methoxy groups -OCH3 is 1. The van der Waals surface area contributed by atoms with Gasteiger partial charge in [-0.1, -0.05) is 38.1 Å². The molecule has 5 heteroatoms. The fraction of sp³-hybridized carbons (Fsp3) is 0.278. The maximum absolute atomic E-state index is 11.7. The van der Waals surface area contributed by atoms with Gasteiger partial charge in [0.25, 0.3) is 0 Å². The molecule has 1 aliphatic carbocycles. The lowest BCUT2D eigenvalue weighted by atomic mass is 9.86. The molecule has 0 unspecified atom stereocenters. The maximum Gasteiger partial charge on any atom is 0.343 e. The SMILES string of the molecule is COC(=O)c1c(C)nc(-c2ccc3c(c2)C=CC3(C)C)nc1N. The maximum atomic E-state index is 11.7. The molecule has 5 nitrogen and oxygen atoms in total. The number of anilines is 1. The summed E-state index contributed by atoms with van der Waals surface area (Å²) in [4.78, 5) is 20.4. The lowest BCUT2D eigenvalue weighted by molar-refractivity contribution is 0.0600. The van der Waals surface area contributed by atoms with E-state index in [1.165, 1.54) is 12.7 Å². The van der Waals surface area contributed by atoms with Gasteiger partial charge in [0, 0.05) is 11.0 Å². The van der Waals surface area contributed by atoms with Gasteiger partial charge in [-0.2, -0.15) is 0 Å². The molecule has 0 amide bonds. The van der Waals surface area contributed by atoms with E-state index in [4.69, 9.17) is 10.5 Å². The van der Waals surface area contributed by atoms with Crippen LogP contribution in [0.3, 0.4) is 0 Å². The molecule has 0 aliphatic heterocycles. The third kappa shape index (κ3) is 2.48. The van der Waals surface area contributed by atoms with Crippen molar-refractivity contribution in [2.45, 2.75) is 26.2 Å². The Morgan fingerprint density at radius 1 is 1.26 bits per heavy atom. The Hall–Kier alpha value is -2.69. The van der Waals surface area contributed by atoms with E-state index in [-0.39, 0.29) is 16.8 Å². The van der Waals surface area contributed by atoms with Crippen LogP contribution in [0.5, 0.6) is 0 Å². The van der Waals surface area contributed by atoms with Crippen molar-refractivity contribution in [2.24, 2.45) is 0 Å². The molecular weight excluding hydrogens is 290 g/mol. The second kappa shape index (κ2) is 5.19. The van der Waals surface area contributed by atoms with E-state index in [0.717, 1.165) is 11.1 Å². The van der Waals surface area contributed by atoms with Crippen LogP contribution in [0.2, 0.25) is 0 Å².